The maximum Gasteiger partial charge on any atom is 0.240 e. The molecule has 0 amide bonds. The first-order valence-corrected chi connectivity index (χ1v) is 10.0. The summed E-state index contributed by atoms with van der Waals surface area (Å²) in [5.41, 5.74) is 2.91. The fourth-order valence-corrected chi connectivity index (χ4v) is 3.60. The normalized spacial score (nSPS) is 11.5. The number of aromatic nitrogens is 4. The molecule has 0 bridgehead atoms. The maximum atomic E-state index is 12.2. The molecule has 3 rings (SSSR count). The molecular weight excluding hydrogens is 364 g/mol. The highest BCUT2D eigenvalue weighted by atomic mass is 32.2. The van der Waals surface area contributed by atoms with E-state index in [0.29, 0.717) is 18.2 Å². The van der Waals surface area contributed by atoms with E-state index < -0.39 is 10.0 Å². The van der Waals surface area contributed by atoms with E-state index >= 15 is 0 Å². The van der Waals surface area contributed by atoms with Gasteiger partial charge in [-0.15, -0.1) is 10.2 Å². The number of sulfonamides is 1. The number of hydrogen-bond acceptors (Lipinski definition) is 6. The standard InChI is InChI=1S/C18H22N6O2S/c1-13-4-6-16(7-5-13)27(25,26)20-11-10-19-17-8-9-18(22-21-17)24-15(3)12-14(2)23-24/h4-9,12,20H,10-11H2,1-3H3,(H,19,21). The van der Waals surface area contributed by atoms with Gasteiger partial charge in [0.2, 0.25) is 10.0 Å². The summed E-state index contributed by atoms with van der Waals surface area (Å²) in [5, 5.41) is 15.7. The zero-order valence-electron chi connectivity index (χ0n) is 15.5. The fraction of sp³-hybridized carbons (Fsp3) is 0.278. The molecule has 8 nitrogen and oxygen atoms in total. The molecule has 3 aromatic rings. The van der Waals surface area contributed by atoms with Crippen LogP contribution in [0.25, 0.3) is 5.82 Å². The van der Waals surface area contributed by atoms with E-state index in [0.717, 1.165) is 17.0 Å². The molecule has 0 saturated heterocycles. The third-order valence-corrected chi connectivity index (χ3v) is 5.41. The van der Waals surface area contributed by atoms with Crippen LogP contribution in [-0.2, 0) is 10.0 Å². The van der Waals surface area contributed by atoms with Gasteiger partial charge in [-0.3, -0.25) is 0 Å². The fourth-order valence-electron chi connectivity index (χ4n) is 2.57. The molecule has 0 aliphatic rings. The minimum Gasteiger partial charge on any atom is -0.367 e. The van der Waals surface area contributed by atoms with E-state index in [4.69, 9.17) is 0 Å². The first kappa shape index (κ1) is 19.0. The highest BCUT2D eigenvalue weighted by Crippen LogP contribution is 2.11. The van der Waals surface area contributed by atoms with Gasteiger partial charge in [-0.2, -0.15) is 5.10 Å². The summed E-state index contributed by atoms with van der Waals surface area (Å²) in [7, 11) is -3.51. The van der Waals surface area contributed by atoms with E-state index in [9.17, 15) is 8.42 Å². The number of aryl methyl sites for hydroxylation is 3. The molecule has 27 heavy (non-hydrogen) atoms. The van der Waals surface area contributed by atoms with E-state index in [1.165, 1.54) is 0 Å². The number of anilines is 1. The molecule has 2 heterocycles. The predicted molar refractivity (Wildman–Crippen MR) is 103 cm³/mol. The van der Waals surface area contributed by atoms with Crippen molar-refractivity contribution in [3.63, 3.8) is 0 Å². The lowest BCUT2D eigenvalue weighted by molar-refractivity contribution is 0.583. The van der Waals surface area contributed by atoms with Crippen molar-refractivity contribution in [2.24, 2.45) is 0 Å². The summed E-state index contributed by atoms with van der Waals surface area (Å²) in [5.74, 6) is 1.20. The van der Waals surface area contributed by atoms with E-state index in [1.807, 2.05) is 32.9 Å². The minimum absolute atomic E-state index is 0.233. The van der Waals surface area contributed by atoms with Gasteiger partial charge in [0, 0.05) is 18.8 Å². The smallest absolute Gasteiger partial charge is 0.240 e. The molecule has 0 radical (unpaired) electrons. The van der Waals surface area contributed by atoms with Gasteiger partial charge in [-0.05, 0) is 51.1 Å². The van der Waals surface area contributed by atoms with E-state index in [1.54, 1.807) is 35.0 Å². The van der Waals surface area contributed by atoms with Gasteiger partial charge in [0.15, 0.2) is 5.82 Å². The number of rotatable bonds is 7. The number of benzene rings is 1. The van der Waals surface area contributed by atoms with E-state index in [-0.39, 0.29) is 11.4 Å². The van der Waals surface area contributed by atoms with Crippen LogP contribution < -0.4 is 10.0 Å². The van der Waals surface area contributed by atoms with Gasteiger partial charge in [0.25, 0.3) is 0 Å². The van der Waals surface area contributed by atoms with Crippen LogP contribution in [-0.4, -0.2) is 41.5 Å². The molecule has 0 spiro atoms. The number of nitrogens with one attached hydrogen (secondary N) is 2. The lowest BCUT2D eigenvalue weighted by Crippen LogP contribution is -2.29. The third kappa shape index (κ3) is 4.69. The molecule has 0 unspecified atom stereocenters. The molecule has 142 valence electrons. The molecule has 0 aliphatic heterocycles. The Labute approximate surface area is 158 Å². The maximum absolute atomic E-state index is 12.2. The molecule has 2 N–H and O–H groups in total. The average molecular weight is 386 g/mol. The summed E-state index contributed by atoms with van der Waals surface area (Å²) in [6.45, 7) is 6.41. The predicted octanol–water partition coefficient (Wildman–Crippen LogP) is 1.98. The summed E-state index contributed by atoms with van der Waals surface area (Å²) < 4.78 is 28.7. The van der Waals surface area contributed by atoms with Gasteiger partial charge < -0.3 is 5.32 Å². The monoisotopic (exact) mass is 386 g/mol. The van der Waals surface area contributed by atoms with Crippen LogP contribution in [0, 0.1) is 20.8 Å². The van der Waals surface area contributed by atoms with Crippen LogP contribution in [0.3, 0.4) is 0 Å². The minimum atomic E-state index is -3.51. The van der Waals surface area contributed by atoms with Crippen molar-refractivity contribution in [1.82, 2.24) is 24.7 Å². The molecule has 9 heteroatoms. The van der Waals surface area contributed by atoms with Gasteiger partial charge in [-0.25, -0.2) is 17.8 Å². The van der Waals surface area contributed by atoms with Crippen LogP contribution in [0.1, 0.15) is 17.0 Å². The Balaban J connectivity index is 1.53. The highest BCUT2D eigenvalue weighted by Gasteiger charge is 2.12. The Hall–Kier alpha value is -2.78. The van der Waals surface area contributed by atoms with Crippen LogP contribution in [0.5, 0.6) is 0 Å². The second-order valence-corrected chi connectivity index (χ2v) is 8.02. The largest absolute Gasteiger partial charge is 0.367 e. The van der Waals surface area contributed by atoms with Gasteiger partial charge in [0.1, 0.15) is 5.82 Å². The molecule has 0 atom stereocenters. The summed E-state index contributed by atoms with van der Waals surface area (Å²) in [6, 6.07) is 12.3. The average Bonchev–Trinajstić information content (AvgIpc) is 2.98. The second kappa shape index (κ2) is 7.85. The number of nitrogens with zero attached hydrogens (tertiary/aromatic N) is 4. The third-order valence-electron chi connectivity index (χ3n) is 3.93. The number of hydrogen-bond donors (Lipinski definition) is 2. The van der Waals surface area contributed by atoms with Crippen molar-refractivity contribution in [2.75, 3.05) is 18.4 Å². The highest BCUT2D eigenvalue weighted by molar-refractivity contribution is 7.89. The van der Waals surface area contributed by atoms with Crippen molar-refractivity contribution in [3.8, 4) is 5.82 Å². The van der Waals surface area contributed by atoms with Crippen LogP contribution >= 0.6 is 0 Å². The SMILES string of the molecule is Cc1ccc(S(=O)(=O)NCCNc2ccc(-n3nc(C)cc3C)nn2)cc1. The van der Waals surface area contributed by atoms with Crippen molar-refractivity contribution in [2.45, 2.75) is 25.7 Å². The first-order valence-electron chi connectivity index (χ1n) is 8.53. The van der Waals surface area contributed by atoms with Crippen LogP contribution in [0.15, 0.2) is 47.4 Å². The lowest BCUT2D eigenvalue weighted by Gasteiger charge is -2.09. The molecular formula is C18H22N6O2S. The Morgan fingerprint density at radius 1 is 0.963 bits per heavy atom. The van der Waals surface area contributed by atoms with E-state index in [2.05, 4.69) is 25.3 Å². The van der Waals surface area contributed by atoms with Crippen molar-refractivity contribution in [1.29, 1.82) is 0 Å². The molecule has 0 fully saturated rings. The summed E-state index contributed by atoms with van der Waals surface area (Å²) >= 11 is 0. The molecule has 1 aromatic carbocycles. The first-order chi connectivity index (χ1) is 12.8. The van der Waals surface area contributed by atoms with Crippen molar-refractivity contribution >= 4 is 15.8 Å². The summed E-state index contributed by atoms with van der Waals surface area (Å²) in [4.78, 5) is 0.252. The van der Waals surface area contributed by atoms with Gasteiger partial charge >= 0.3 is 0 Å². The lowest BCUT2D eigenvalue weighted by atomic mass is 10.2. The zero-order chi connectivity index (χ0) is 19.4. The van der Waals surface area contributed by atoms with Gasteiger partial charge in [0.05, 0.1) is 10.6 Å². The van der Waals surface area contributed by atoms with Crippen molar-refractivity contribution < 1.29 is 8.42 Å². The van der Waals surface area contributed by atoms with Gasteiger partial charge in [-0.1, -0.05) is 17.7 Å². The Morgan fingerprint density at radius 3 is 2.30 bits per heavy atom. The Kier molecular flexibility index (Phi) is 5.52. The molecule has 2 aromatic heterocycles. The quantitative estimate of drug-likeness (QED) is 0.602. The Bertz CT molecular complexity index is 1010. The zero-order valence-corrected chi connectivity index (χ0v) is 16.3. The molecule has 0 saturated carbocycles. The summed E-state index contributed by atoms with van der Waals surface area (Å²) in [6.07, 6.45) is 0. The van der Waals surface area contributed by atoms with Crippen LogP contribution in [0.2, 0.25) is 0 Å². The van der Waals surface area contributed by atoms with Crippen molar-refractivity contribution in [3.05, 3.63) is 59.4 Å². The molecule has 0 aliphatic carbocycles. The topological polar surface area (TPSA) is 102 Å². The Morgan fingerprint density at radius 2 is 1.70 bits per heavy atom. The van der Waals surface area contributed by atoms with Crippen LogP contribution in [0.4, 0.5) is 5.82 Å². The second-order valence-electron chi connectivity index (χ2n) is 6.25.